The first-order valence-corrected chi connectivity index (χ1v) is 5.79. The maximum atomic E-state index is 12.5. The summed E-state index contributed by atoms with van der Waals surface area (Å²) in [6.07, 6.45) is -3.89. The van der Waals surface area contributed by atoms with Gasteiger partial charge in [-0.25, -0.2) is 0 Å². The molecule has 2 atom stereocenters. The summed E-state index contributed by atoms with van der Waals surface area (Å²) >= 11 is 0. The average Bonchev–Trinajstić information content (AvgIpc) is 2.92. The Bertz CT molecular complexity index is 323. The fourth-order valence-corrected chi connectivity index (χ4v) is 2.51. The van der Waals surface area contributed by atoms with Gasteiger partial charge in [0.15, 0.2) is 0 Å². The number of hydrogen-bond donors (Lipinski definition) is 1. The number of aliphatic hydroxyl groups excluding tert-OH is 1. The van der Waals surface area contributed by atoms with Crippen molar-refractivity contribution >= 4 is 5.91 Å². The van der Waals surface area contributed by atoms with Crippen molar-refractivity contribution in [1.82, 2.24) is 4.90 Å². The summed E-state index contributed by atoms with van der Waals surface area (Å²) in [5.41, 5.74) is -1.26. The molecule has 0 aromatic rings. The van der Waals surface area contributed by atoms with Crippen molar-refractivity contribution < 1.29 is 23.1 Å². The molecule has 0 spiro atoms. The number of aliphatic hydroxyl groups is 1. The first kappa shape index (κ1) is 12.7. The van der Waals surface area contributed by atoms with Gasteiger partial charge in [0.1, 0.15) is 0 Å². The van der Waals surface area contributed by atoms with Crippen LogP contribution in [0, 0.1) is 11.3 Å². The lowest BCUT2D eigenvalue weighted by Crippen LogP contribution is -2.44. The van der Waals surface area contributed by atoms with E-state index in [1.807, 2.05) is 0 Å². The minimum Gasteiger partial charge on any atom is -0.393 e. The van der Waals surface area contributed by atoms with Gasteiger partial charge in [0.2, 0.25) is 5.91 Å². The van der Waals surface area contributed by atoms with Crippen LogP contribution in [0.1, 0.15) is 26.2 Å². The van der Waals surface area contributed by atoms with Gasteiger partial charge in [-0.15, -0.1) is 0 Å². The number of nitrogens with zero attached hydrogens (tertiary/aromatic N) is 1. The first-order chi connectivity index (χ1) is 7.75. The highest BCUT2D eigenvalue weighted by atomic mass is 19.4. The van der Waals surface area contributed by atoms with Gasteiger partial charge in [-0.1, -0.05) is 6.92 Å². The Balaban J connectivity index is 1.98. The molecule has 1 heterocycles. The molecule has 2 fully saturated rings. The van der Waals surface area contributed by atoms with E-state index in [1.165, 1.54) is 11.8 Å². The molecule has 2 rings (SSSR count). The molecule has 6 heteroatoms. The van der Waals surface area contributed by atoms with Crippen LogP contribution in [0.4, 0.5) is 13.2 Å². The van der Waals surface area contributed by atoms with Crippen LogP contribution in [0.3, 0.4) is 0 Å². The van der Waals surface area contributed by atoms with Gasteiger partial charge in [0.05, 0.1) is 17.4 Å². The lowest BCUT2D eigenvalue weighted by molar-refractivity contribution is -0.164. The van der Waals surface area contributed by atoms with Crippen molar-refractivity contribution in [2.24, 2.45) is 11.3 Å². The smallest absolute Gasteiger partial charge is 0.392 e. The molecule has 1 N–H and O–H groups in total. The zero-order valence-electron chi connectivity index (χ0n) is 9.63. The molecule has 1 saturated heterocycles. The van der Waals surface area contributed by atoms with Gasteiger partial charge in [-0.2, -0.15) is 13.2 Å². The highest BCUT2D eigenvalue weighted by molar-refractivity contribution is 5.85. The van der Waals surface area contributed by atoms with E-state index in [9.17, 15) is 23.1 Å². The molecule has 3 nitrogen and oxygen atoms in total. The minimum atomic E-state index is -4.28. The molecular formula is C11H16F3NO2. The Kier molecular flexibility index (Phi) is 2.88. The molecule has 0 radical (unpaired) electrons. The minimum absolute atomic E-state index is 0.103. The van der Waals surface area contributed by atoms with Crippen LogP contribution < -0.4 is 0 Å². The molecule has 1 aliphatic carbocycles. The van der Waals surface area contributed by atoms with Crippen LogP contribution in [0.2, 0.25) is 0 Å². The van der Waals surface area contributed by atoms with E-state index in [0.717, 1.165) is 0 Å². The fraction of sp³-hybridized carbons (Fsp3) is 0.909. The highest BCUT2D eigenvalue weighted by Gasteiger charge is 2.68. The second-order valence-corrected chi connectivity index (χ2v) is 5.24. The molecule has 1 amide bonds. The quantitative estimate of drug-likeness (QED) is 0.768. The van der Waals surface area contributed by atoms with Crippen LogP contribution in [0.5, 0.6) is 0 Å². The predicted molar refractivity (Wildman–Crippen MR) is 54.1 cm³/mol. The number of alkyl halides is 3. The van der Waals surface area contributed by atoms with Gasteiger partial charge in [-0.3, -0.25) is 4.79 Å². The van der Waals surface area contributed by atoms with Crippen molar-refractivity contribution in [3.63, 3.8) is 0 Å². The van der Waals surface area contributed by atoms with E-state index in [4.69, 9.17) is 0 Å². The Labute approximate surface area is 97.6 Å². The largest absolute Gasteiger partial charge is 0.393 e. The van der Waals surface area contributed by atoms with Crippen LogP contribution >= 0.6 is 0 Å². The zero-order valence-corrected chi connectivity index (χ0v) is 9.63. The Morgan fingerprint density at radius 1 is 1.35 bits per heavy atom. The summed E-state index contributed by atoms with van der Waals surface area (Å²) in [6.45, 7) is 2.11. The molecule has 1 saturated carbocycles. The van der Waals surface area contributed by atoms with Gasteiger partial charge in [0, 0.05) is 13.1 Å². The SMILES string of the molecule is C[C@@]1(C(=O)N2CCC(O)CC2)C[C@H]1C(F)(F)F. The third kappa shape index (κ3) is 2.27. The third-order valence-corrected chi connectivity index (χ3v) is 3.87. The van der Waals surface area contributed by atoms with Crippen molar-refractivity contribution in [1.29, 1.82) is 0 Å². The second-order valence-electron chi connectivity index (χ2n) is 5.24. The van der Waals surface area contributed by atoms with Crippen LogP contribution in [0.15, 0.2) is 0 Å². The van der Waals surface area contributed by atoms with Gasteiger partial charge < -0.3 is 10.0 Å². The summed E-state index contributed by atoms with van der Waals surface area (Å²) in [6, 6.07) is 0. The number of carbonyl (C=O) groups is 1. The zero-order chi connectivity index (χ0) is 12.8. The molecule has 1 aliphatic heterocycles. The molecular weight excluding hydrogens is 235 g/mol. The molecule has 2 aliphatic rings. The first-order valence-electron chi connectivity index (χ1n) is 5.79. The summed E-state index contributed by atoms with van der Waals surface area (Å²) in [7, 11) is 0. The van der Waals surface area contributed by atoms with E-state index < -0.39 is 29.5 Å². The third-order valence-electron chi connectivity index (χ3n) is 3.87. The van der Waals surface area contributed by atoms with E-state index in [0.29, 0.717) is 25.9 Å². The van der Waals surface area contributed by atoms with Crippen molar-refractivity contribution in [2.45, 2.75) is 38.5 Å². The Hall–Kier alpha value is -0.780. The number of hydrogen-bond acceptors (Lipinski definition) is 2. The molecule has 0 aromatic carbocycles. The number of rotatable bonds is 1. The summed E-state index contributed by atoms with van der Waals surface area (Å²) in [5.74, 6) is -1.90. The predicted octanol–water partition coefficient (Wildman–Crippen LogP) is 1.56. The van der Waals surface area contributed by atoms with Gasteiger partial charge >= 0.3 is 6.18 Å². The summed E-state index contributed by atoms with van der Waals surface area (Å²) in [5, 5.41) is 9.29. The van der Waals surface area contributed by atoms with E-state index in [-0.39, 0.29) is 6.42 Å². The molecule has 0 aromatic heterocycles. The average molecular weight is 251 g/mol. The molecule has 0 bridgehead atoms. The molecule has 98 valence electrons. The number of halogens is 3. The fourth-order valence-electron chi connectivity index (χ4n) is 2.51. The van der Waals surface area contributed by atoms with Gasteiger partial charge in [-0.05, 0) is 19.3 Å². The van der Waals surface area contributed by atoms with Crippen LogP contribution in [0.25, 0.3) is 0 Å². The normalized spacial score (nSPS) is 34.9. The van der Waals surface area contributed by atoms with E-state index in [2.05, 4.69) is 0 Å². The molecule has 0 unspecified atom stereocenters. The molecule has 17 heavy (non-hydrogen) atoms. The summed E-state index contributed by atoms with van der Waals surface area (Å²) in [4.78, 5) is 13.4. The number of amides is 1. The Morgan fingerprint density at radius 3 is 2.29 bits per heavy atom. The number of likely N-dealkylation sites (tertiary alicyclic amines) is 1. The van der Waals surface area contributed by atoms with E-state index in [1.54, 1.807) is 0 Å². The van der Waals surface area contributed by atoms with Gasteiger partial charge in [0.25, 0.3) is 0 Å². The van der Waals surface area contributed by atoms with Crippen LogP contribution in [-0.2, 0) is 4.79 Å². The highest BCUT2D eigenvalue weighted by Crippen LogP contribution is 2.60. The van der Waals surface area contributed by atoms with Crippen molar-refractivity contribution in [2.75, 3.05) is 13.1 Å². The maximum Gasteiger partial charge on any atom is 0.392 e. The second kappa shape index (κ2) is 3.86. The van der Waals surface area contributed by atoms with Crippen molar-refractivity contribution in [3.05, 3.63) is 0 Å². The van der Waals surface area contributed by atoms with E-state index >= 15 is 0 Å². The Morgan fingerprint density at radius 2 is 1.88 bits per heavy atom. The van der Waals surface area contributed by atoms with Crippen LogP contribution in [-0.4, -0.2) is 41.3 Å². The lowest BCUT2D eigenvalue weighted by atomic mass is 10.0. The topological polar surface area (TPSA) is 40.5 Å². The summed E-state index contributed by atoms with van der Waals surface area (Å²) < 4.78 is 37.5. The number of carbonyl (C=O) groups excluding carboxylic acids is 1. The maximum absolute atomic E-state index is 12.5. The van der Waals surface area contributed by atoms with Crippen molar-refractivity contribution in [3.8, 4) is 0 Å². The standard InChI is InChI=1S/C11H16F3NO2/c1-10(6-8(10)11(12,13)14)9(17)15-4-2-7(16)3-5-15/h7-8,16H,2-6H2,1H3/t8-,10-/m1/s1. The number of piperidine rings is 1. The monoisotopic (exact) mass is 251 g/mol. The lowest BCUT2D eigenvalue weighted by Gasteiger charge is -2.32.